The lowest BCUT2D eigenvalue weighted by molar-refractivity contribution is 0.0526. The summed E-state index contributed by atoms with van der Waals surface area (Å²) in [7, 11) is 0. The normalized spacial score (nSPS) is 10.4. The van der Waals surface area contributed by atoms with Crippen molar-refractivity contribution in [2.45, 2.75) is 13.8 Å². The summed E-state index contributed by atoms with van der Waals surface area (Å²) >= 11 is 0. The number of carbonyl (C=O) groups excluding carboxylic acids is 2. The topological polar surface area (TPSA) is 77.7 Å². The van der Waals surface area contributed by atoms with Crippen LogP contribution in [0.3, 0.4) is 0 Å². The number of carbonyl (C=O) groups is 2. The largest absolute Gasteiger partial charge is 0.462 e. The maximum atomic E-state index is 12.0. The molecule has 0 amide bonds. The lowest BCUT2D eigenvalue weighted by atomic mass is 10.2. The van der Waals surface area contributed by atoms with Crippen molar-refractivity contribution in [3.05, 3.63) is 46.0 Å². The Balaban J connectivity index is 2.58. The number of rotatable bonds is 3. The zero-order chi connectivity index (χ0) is 14.0. The molecule has 19 heavy (non-hydrogen) atoms. The Hall–Kier alpha value is -2.50. The van der Waals surface area contributed by atoms with Crippen LogP contribution in [-0.4, -0.2) is 27.7 Å². The molecule has 0 bridgehead atoms. The summed E-state index contributed by atoms with van der Waals surface area (Å²) in [4.78, 5) is 38.8. The second-order valence-electron chi connectivity index (χ2n) is 3.90. The van der Waals surface area contributed by atoms with Crippen molar-refractivity contribution in [3.63, 3.8) is 0 Å². The van der Waals surface area contributed by atoms with Gasteiger partial charge >= 0.3 is 5.97 Å². The first-order chi connectivity index (χ1) is 9.04. The lowest BCUT2D eigenvalue weighted by Gasteiger charge is -2.05. The summed E-state index contributed by atoms with van der Waals surface area (Å²) in [5, 5.41) is 0. The van der Waals surface area contributed by atoms with E-state index in [4.69, 9.17) is 4.74 Å². The summed E-state index contributed by atoms with van der Waals surface area (Å²) in [5.74, 6) is -0.823. The fourth-order valence-corrected chi connectivity index (χ4v) is 1.66. The van der Waals surface area contributed by atoms with Gasteiger partial charge in [0.15, 0.2) is 5.78 Å². The Morgan fingerprint density at radius 3 is 2.79 bits per heavy atom. The first-order valence-electron chi connectivity index (χ1n) is 5.74. The molecule has 6 nitrogen and oxygen atoms in total. The average Bonchev–Trinajstić information content (AvgIpc) is 2.38. The first-order valence-corrected chi connectivity index (χ1v) is 5.74. The average molecular weight is 260 g/mol. The molecule has 0 aliphatic heterocycles. The number of pyridine rings is 1. The van der Waals surface area contributed by atoms with Crippen LogP contribution in [0.15, 0.2) is 29.3 Å². The number of esters is 1. The van der Waals surface area contributed by atoms with E-state index in [9.17, 15) is 14.4 Å². The summed E-state index contributed by atoms with van der Waals surface area (Å²) in [6.45, 7) is 3.28. The van der Waals surface area contributed by atoms with E-state index in [1.54, 1.807) is 6.92 Å². The van der Waals surface area contributed by atoms with E-state index >= 15 is 0 Å². The van der Waals surface area contributed by atoms with E-state index in [1.807, 2.05) is 0 Å². The third-order valence-corrected chi connectivity index (χ3v) is 2.60. The van der Waals surface area contributed by atoms with Crippen LogP contribution in [0.5, 0.6) is 0 Å². The molecule has 0 atom stereocenters. The molecule has 2 heterocycles. The second kappa shape index (κ2) is 5.01. The van der Waals surface area contributed by atoms with Gasteiger partial charge in [0, 0.05) is 12.4 Å². The molecule has 0 spiro atoms. The van der Waals surface area contributed by atoms with Crippen LogP contribution >= 0.6 is 0 Å². The quantitative estimate of drug-likeness (QED) is 0.609. The van der Waals surface area contributed by atoms with Crippen LogP contribution in [0.1, 0.15) is 34.6 Å². The van der Waals surface area contributed by atoms with Gasteiger partial charge in [0.25, 0.3) is 5.56 Å². The van der Waals surface area contributed by atoms with Crippen LogP contribution in [0, 0.1) is 0 Å². The number of nitrogens with zero attached hydrogens (tertiary/aromatic N) is 2. The molecule has 0 fully saturated rings. The maximum absolute atomic E-state index is 12.0. The van der Waals surface area contributed by atoms with Crippen LogP contribution in [0.25, 0.3) is 5.65 Å². The highest BCUT2D eigenvalue weighted by atomic mass is 16.5. The molecule has 98 valence electrons. The van der Waals surface area contributed by atoms with Gasteiger partial charge in [0.1, 0.15) is 11.2 Å². The molecular weight excluding hydrogens is 248 g/mol. The minimum absolute atomic E-state index is 0.0152. The van der Waals surface area contributed by atoms with Gasteiger partial charge in [-0.3, -0.25) is 14.0 Å². The highest BCUT2D eigenvalue weighted by molar-refractivity contribution is 5.94. The Labute approximate surface area is 108 Å². The number of hydrogen-bond acceptors (Lipinski definition) is 5. The Morgan fingerprint density at radius 2 is 2.16 bits per heavy atom. The van der Waals surface area contributed by atoms with Gasteiger partial charge in [0.05, 0.1) is 12.2 Å². The minimum atomic E-state index is -0.477. The first kappa shape index (κ1) is 12.9. The zero-order valence-electron chi connectivity index (χ0n) is 10.5. The van der Waals surface area contributed by atoms with Gasteiger partial charge in [-0.25, -0.2) is 9.78 Å². The van der Waals surface area contributed by atoms with Crippen LogP contribution in [0.4, 0.5) is 0 Å². The Kier molecular flexibility index (Phi) is 3.41. The van der Waals surface area contributed by atoms with Crippen LogP contribution < -0.4 is 5.56 Å². The van der Waals surface area contributed by atoms with Crippen molar-refractivity contribution in [3.8, 4) is 0 Å². The number of fused-ring (bicyclic) bond motifs is 1. The number of aromatic nitrogens is 2. The van der Waals surface area contributed by atoms with Gasteiger partial charge in [-0.05, 0) is 26.0 Å². The maximum Gasteiger partial charge on any atom is 0.338 e. The summed E-state index contributed by atoms with van der Waals surface area (Å²) in [6.07, 6.45) is 2.62. The van der Waals surface area contributed by atoms with Crippen molar-refractivity contribution >= 4 is 17.4 Å². The fourth-order valence-electron chi connectivity index (χ4n) is 1.66. The summed E-state index contributed by atoms with van der Waals surface area (Å²) in [5.41, 5.74) is 0.166. The lowest BCUT2D eigenvalue weighted by Crippen LogP contribution is -2.22. The van der Waals surface area contributed by atoms with Gasteiger partial charge in [-0.2, -0.15) is 0 Å². The van der Waals surface area contributed by atoms with Crippen molar-refractivity contribution in [1.29, 1.82) is 0 Å². The van der Waals surface area contributed by atoms with E-state index < -0.39 is 11.5 Å². The summed E-state index contributed by atoms with van der Waals surface area (Å²) in [6, 6.07) is 2.90. The SMILES string of the molecule is CCOC(=O)c1ccn2c(=O)c(C(C)=O)cnc2c1. The molecule has 0 aliphatic rings. The van der Waals surface area contributed by atoms with Crippen molar-refractivity contribution in [2.75, 3.05) is 6.61 Å². The molecular formula is C13H12N2O4. The molecule has 6 heteroatoms. The van der Waals surface area contributed by atoms with Crippen LogP contribution in [0.2, 0.25) is 0 Å². The molecule has 0 radical (unpaired) electrons. The molecule has 0 aromatic carbocycles. The highest BCUT2D eigenvalue weighted by Crippen LogP contribution is 2.06. The third-order valence-electron chi connectivity index (χ3n) is 2.60. The highest BCUT2D eigenvalue weighted by Gasteiger charge is 2.11. The van der Waals surface area contributed by atoms with Crippen molar-refractivity contribution in [2.24, 2.45) is 0 Å². The molecule has 0 N–H and O–H groups in total. The predicted molar refractivity (Wildman–Crippen MR) is 67.4 cm³/mol. The van der Waals surface area contributed by atoms with E-state index in [2.05, 4.69) is 4.98 Å². The minimum Gasteiger partial charge on any atom is -0.462 e. The molecule has 0 unspecified atom stereocenters. The van der Waals surface area contributed by atoms with E-state index in [-0.39, 0.29) is 18.0 Å². The van der Waals surface area contributed by atoms with Gasteiger partial charge in [-0.1, -0.05) is 0 Å². The number of ketones is 1. The second-order valence-corrected chi connectivity index (χ2v) is 3.90. The van der Waals surface area contributed by atoms with Gasteiger partial charge in [-0.15, -0.1) is 0 Å². The predicted octanol–water partition coefficient (Wildman–Crippen LogP) is 1.07. The van der Waals surface area contributed by atoms with E-state index in [0.29, 0.717) is 11.2 Å². The zero-order valence-corrected chi connectivity index (χ0v) is 10.5. The number of Topliss-reactive ketones (excluding diaryl/α,β-unsaturated/α-hetero) is 1. The standard InChI is InChI=1S/C13H12N2O4/c1-3-19-13(18)9-4-5-15-11(6-9)14-7-10(8(2)16)12(15)17/h4-7H,3H2,1-2H3. The van der Waals surface area contributed by atoms with Crippen LogP contribution in [-0.2, 0) is 4.74 Å². The molecule has 0 aliphatic carbocycles. The van der Waals surface area contributed by atoms with E-state index in [0.717, 1.165) is 0 Å². The number of ether oxygens (including phenoxy) is 1. The Morgan fingerprint density at radius 1 is 1.42 bits per heavy atom. The van der Waals surface area contributed by atoms with Gasteiger partial charge in [0.2, 0.25) is 0 Å². The molecule has 0 saturated heterocycles. The monoisotopic (exact) mass is 260 g/mol. The third kappa shape index (κ3) is 2.37. The smallest absolute Gasteiger partial charge is 0.338 e. The molecule has 0 saturated carbocycles. The van der Waals surface area contributed by atoms with Crippen molar-refractivity contribution < 1.29 is 14.3 Å². The molecule has 2 rings (SSSR count). The number of hydrogen-bond donors (Lipinski definition) is 0. The molecule has 2 aromatic heterocycles. The Bertz CT molecular complexity index is 718. The van der Waals surface area contributed by atoms with Crippen molar-refractivity contribution in [1.82, 2.24) is 9.38 Å². The fraction of sp³-hybridized carbons (Fsp3) is 0.231. The van der Waals surface area contributed by atoms with E-state index in [1.165, 1.54) is 35.9 Å². The van der Waals surface area contributed by atoms with Gasteiger partial charge < -0.3 is 4.74 Å². The molecule has 2 aromatic rings. The summed E-state index contributed by atoms with van der Waals surface area (Å²) < 4.78 is 6.08.